The Kier molecular flexibility index (Phi) is 4.39. The summed E-state index contributed by atoms with van der Waals surface area (Å²) in [5, 5.41) is 2.40. The molecule has 0 bridgehead atoms. The highest BCUT2D eigenvalue weighted by atomic mass is 35.5. The molecule has 2 rings (SSSR count). The zero-order valence-electron chi connectivity index (χ0n) is 10.8. The maximum Gasteiger partial charge on any atom is 0.318 e. The number of hydrogen-bond acceptors (Lipinski definition) is 7. The first kappa shape index (κ1) is 13.8. The van der Waals surface area contributed by atoms with E-state index >= 15 is 0 Å². The van der Waals surface area contributed by atoms with Crippen LogP contribution in [0.3, 0.4) is 0 Å². The molecule has 0 spiro atoms. The van der Waals surface area contributed by atoms with Gasteiger partial charge in [0.15, 0.2) is 5.82 Å². The Morgan fingerprint density at radius 3 is 2.84 bits per heavy atom. The van der Waals surface area contributed by atoms with Crippen LogP contribution in [0.4, 0.5) is 5.82 Å². The molecule has 0 amide bonds. The Hall–Kier alpha value is -1.60. The van der Waals surface area contributed by atoms with E-state index < -0.39 is 0 Å². The predicted molar refractivity (Wildman–Crippen MR) is 74.4 cm³/mol. The van der Waals surface area contributed by atoms with Gasteiger partial charge in [0.25, 0.3) is 0 Å². The molecule has 0 fully saturated rings. The van der Waals surface area contributed by atoms with Crippen molar-refractivity contribution in [1.29, 1.82) is 0 Å². The lowest BCUT2D eigenvalue weighted by atomic mass is 10.3. The fourth-order valence-corrected chi connectivity index (χ4v) is 2.44. The molecule has 0 aliphatic rings. The Balaban J connectivity index is 2.22. The number of hydrogen-bond donors (Lipinski definition) is 0. The molecular weight excluding hydrogens is 288 g/mol. The first-order valence-electron chi connectivity index (χ1n) is 5.40. The smallest absolute Gasteiger partial charge is 0.318 e. The van der Waals surface area contributed by atoms with Crippen molar-refractivity contribution in [2.24, 2.45) is 0 Å². The molecular formula is C11H13ClN4O2S. The van der Waals surface area contributed by atoms with Crippen molar-refractivity contribution in [3.63, 3.8) is 0 Å². The average molecular weight is 301 g/mol. The van der Waals surface area contributed by atoms with Crippen molar-refractivity contribution >= 4 is 29.0 Å². The van der Waals surface area contributed by atoms with Gasteiger partial charge in [-0.15, -0.1) is 0 Å². The van der Waals surface area contributed by atoms with Gasteiger partial charge in [0.1, 0.15) is 5.02 Å². The maximum atomic E-state index is 6.10. The highest BCUT2D eigenvalue weighted by molar-refractivity contribution is 7.03. The van der Waals surface area contributed by atoms with Gasteiger partial charge in [-0.2, -0.15) is 9.36 Å². The second-order valence-corrected chi connectivity index (χ2v) is 4.77. The van der Waals surface area contributed by atoms with Crippen LogP contribution in [0.5, 0.6) is 11.9 Å². The van der Waals surface area contributed by atoms with Gasteiger partial charge < -0.3 is 14.4 Å². The van der Waals surface area contributed by atoms with Gasteiger partial charge in [-0.05, 0) is 11.5 Å². The van der Waals surface area contributed by atoms with E-state index in [2.05, 4.69) is 14.3 Å². The van der Waals surface area contributed by atoms with Crippen LogP contribution in [0.15, 0.2) is 11.6 Å². The molecule has 0 saturated heterocycles. The summed E-state index contributed by atoms with van der Waals surface area (Å²) in [4.78, 5) is 10.1. The SMILES string of the molecule is COc1ncc(Cl)c(N(C)Cc2csnc2OC)n1. The molecule has 2 aromatic heterocycles. The molecule has 19 heavy (non-hydrogen) atoms. The average Bonchev–Trinajstić information content (AvgIpc) is 2.86. The third kappa shape index (κ3) is 3.05. The number of anilines is 1. The van der Waals surface area contributed by atoms with Crippen LogP contribution in [0.2, 0.25) is 5.02 Å². The van der Waals surface area contributed by atoms with Crippen LogP contribution in [-0.4, -0.2) is 35.6 Å². The summed E-state index contributed by atoms with van der Waals surface area (Å²) >= 11 is 7.44. The Morgan fingerprint density at radius 1 is 1.37 bits per heavy atom. The van der Waals surface area contributed by atoms with E-state index in [0.717, 1.165) is 5.56 Å². The summed E-state index contributed by atoms with van der Waals surface area (Å²) < 4.78 is 14.3. The molecule has 0 aromatic carbocycles. The minimum atomic E-state index is 0.279. The molecule has 0 saturated carbocycles. The monoisotopic (exact) mass is 300 g/mol. The van der Waals surface area contributed by atoms with E-state index in [0.29, 0.717) is 23.3 Å². The van der Waals surface area contributed by atoms with Gasteiger partial charge in [0.2, 0.25) is 5.88 Å². The van der Waals surface area contributed by atoms with Crippen molar-refractivity contribution in [3.8, 4) is 11.9 Å². The quantitative estimate of drug-likeness (QED) is 0.844. The molecule has 8 heteroatoms. The van der Waals surface area contributed by atoms with Crippen LogP contribution in [0, 0.1) is 0 Å². The van der Waals surface area contributed by atoms with Crippen molar-refractivity contribution in [3.05, 3.63) is 22.2 Å². The van der Waals surface area contributed by atoms with E-state index in [9.17, 15) is 0 Å². The third-order valence-corrected chi connectivity index (χ3v) is 3.38. The largest absolute Gasteiger partial charge is 0.480 e. The zero-order valence-corrected chi connectivity index (χ0v) is 12.3. The van der Waals surface area contributed by atoms with Crippen LogP contribution in [-0.2, 0) is 6.54 Å². The topological polar surface area (TPSA) is 60.4 Å². The van der Waals surface area contributed by atoms with E-state index in [1.165, 1.54) is 24.8 Å². The minimum absolute atomic E-state index is 0.279. The Labute approximate surface area is 120 Å². The summed E-state index contributed by atoms with van der Waals surface area (Å²) in [5.74, 6) is 1.22. The molecule has 0 aliphatic carbocycles. The van der Waals surface area contributed by atoms with E-state index in [1.54, 1.807) is 7.11 Å². The predicted octanol–water partition coefficient (Wildman–Crippen LogP) is 2.24. The number of ether oxygens (including phenoxy) is 2. The van der Waals surface area contributed by atoms with Crippen LogP contribution >= 0.6 is 23.1 Å². The first-order valence-corrected chi connectivity index (χ1v) is 6.62. The summed E-state index contributed by atoms with van der Waals surface area (Å²) in [7, 11) is 4.99. The zero-order chi connectivity index (χ0) is 13.8. The molecule has 6 nitrogen and oxygen atoms in total. The van der Waals surface area contributed by atoms with Gasteiger partial charge in [-0.3, -0.25) is 0 Å². The van der Waals surface area contributed by atoms with Gasteiger partial charge in [0, 0.05) is 18.0 Å². The summed E-state index contributed by atoms with van der Waals surface area (Å²) in [5.41, 5.74) is 0.976. The van der Waals surface area contributed by atoms with Gasteiger partial charge in [-0.1, -0.05) is 11.6 Å². The molecule has 2 heterocycles. The lowest BCUT2D eigenvalue weighted by Crippen LogP contribution is -2.18. The van der Waals surface area contributed by atoms with E-state index in [1.807, 2.05) is 17.3 Å². The Bertz CT molecular complexity index is 563. The summed E-state index contributed by atoms with van der Waals surface area (Å²) in [6, 6.07) is 0.279. The third-order valence-electron chi connectivity index (χ3n) is 2.45. The molecule has 0 N–H and O–H groups in total. The lowest BCUT2D eigenvalue weighted by Gasteiger charge is -2.19. The van der Waals surface area contributed by atoms with Crippen LogP contribution < -0.4 is 14.4 Å². The maximum absolute atomic E-state index is 6.10. The van der Waals surface area contributed by atoms with Crippen molar-refractivity contribution < 1.29 is 9.47 Å². The molecule has 2 aromatic rings. The van der Waals surface area contributed by atoms with Crippen molar-refractivity contribution in [2.45, 2.75) is 6.54 Å². The second-order valence-electron chi connectivity index (χ2n) is 3.73. The second kappa shape index (κ2) is 6.03. The summed E-state index contributed by atoms with van der Waals surface area (Å²) in [6.07, 6.45) is 1.52. The number of methoxy groups -OCH3 is 2. The van der Waals surface area contributed by atoms with Gasteiger partial charge in [-0.25, -0.2) is 4.98 Å². The molecule has 102 valence electrons. The van der Waals surface area contributed by atoms with Crippen molar-refractivity contribution in [1.82, 2.24) is 14.3 Å². The number of nitrogens with zero attached hydrogens (tertiary/aromatic N) is 4. The summed E-state index contributed by atoms with van der Waals surface area (Å²) in [6.45, 7) is 0.583. The van der Waals surface area contributed by atoms with E-state index in [4.69, 9.17) is 21.1 Å². The number of rotatable bonds is 5. The normalized spacial score (nSPS) is 10.3. The fourth-order valence-electron chi connectivity index (χ4n) is 1.56. The van der Waals surface area contributed by atoms with Crippen LogP contribution in [0.1, 0.15) is 5.56 Å². The van der Waals surface area contributed by atoms with E-state index in [-0.39, 0.29) is 6.01 Å². The molecule has 0 aliphatic heterocycles. The number of aromatic nitrogens is 3. The highest BCUT2D eigenvalue weighted by Crippen LogP contribution is 2.27. The molecule has 0 unspecified atom stereocenters. The van der Waals surface area contributed by atoms with Gasteiger partial charge >= 0.3 is 6.01 Å². The molecule has 0 radical (unpaired) electrons. The van der Waals surface area contributed by atoms with Gasteiger partial charge in [0.05, 0.1) is 27.0 Å². The first-order chi connectivity index (χ1) is 9.15. The van der Waals surface area contributed by atoms with Crippen LogP contribution in [0.25, 0.3) is 0 Å². The minimum Gasteiger partial charge on any atom is -0.480 e. The van der Waals surface area contributed by atoms with Crippen molar-refractivity contribution in [2.75, 3.05) is 26.2 Å². The fraction of sp³-hybridized carbons (Fsp3) is 0.364. The number of halogens is 1. The standard InChI is InChI=1S/C11H13ClN4O2S/c1-16(5-7-6-19-15-10(7)17-2)9-8(12)4-13-11(14-9)18-3/h4,6H,5H2,1-3H3. The Morgan fingerprint density at radius 2 is 2.16 bits per heavy atom. The lowest BCUT2D eigenvalue weighted by molar-refractivity contribution is 0.379. The highest BCUT2D eigenvalue weighted by Gasteiger charge is 2.14. The molecule has 0 atom stereocenters.